The first kappa shape index (κ1) is 32.9. The van der Waals surface area contributed by atoms with Crippen LogP contribution in [0.4, 0.5) is 0 Å². The van der Waals surface area contributed by atoms with E-state index in [-0.39, 0.29) is 29.8 Å². The molecule has 0 saturated heterocycles. The lowest BCUT2D eigenvalue weighted by Gasteiger charge is -2.36. The van der Waals surface area contributed by atoms with E-state index in [4.69, 9.17) is 9.73 Å². The van der Waals surface area contributed by atoms with Gasteiger partial charge in [-0.3, -0.25) is 5.32 Å². The lowest BCUT2D eigenvalue weighted by molar-refractivity contribution is 0.266. The smallest absolute Gasteiger partial charge is 0.132 e. The Bertz CT molecular complexity index is 2710. The Labute approximate surface area is 328 Å². The van der Waals surface area contributed by atoms with E-state index in [0.29, 0.717) is 0 Å². The molecule has 4 unspecified atom stereocenters. The number of nitrogens with zero attached hydrogens (tertiary/aromatic N) is 1. The Morgan fingerprint density at radius 2 is 1.16 bits per heavy atom. The number of nitrogens with one attached hydrogen (secondary N) is 2. The standard InChI is InChI=1S/C52H41N3O/c1-52(2)44-23-12-11-19-39(44)40-29-28-36(30-45(40)52)37-21-13-22-42-47-41-20-10-9-18-38(41)43(31-46(47)56-48(37)42)51-54-49(34-16-7-4-8-17-34)53-50(55-51)35-26-24-33(25-27-35)32-14-5-3-6-15-32/h3-31,46-47,49,51,54H,1-2H3,(H,53,55). The Kier molecular flexibility index (Phi) is 7.52. The van der Waals surface area contributed by atoms with Crippen molar-refractivity contribution in [1.29, 1.82) is 0 Å². The highest BCUT2D eigenvalue weighted by atomic mass is 16.5. The zero-order valence-corrected chi connectivity index (χ0v) is 31.4. The molecule has 0 bridgehead atoms. The van der Waals surface area contributed by atoms with Crippen LogP contribution in [0, 0.1) is 0 Å². The number of rotatable bonds is 5. The number of hydrogen-bond acceptors (Lipinski definition) is 4. The average molecular weight is 724 g/mol. The van der Waals surface area contributed by atoms with Crippen molar-refractivity contribution in [3.63, 3.8) is 0 Å². The van der Waals surface area contributed by atoms with Crippen molar-refractivity contribution in [2.24, 2.45) is 4.99 Å². The zero-order chi connectivity index (χ0) is 37.4. The summed E-state index contributed by atoms with van der Waals surface area (Å²) in [6, 6.07) is 61.2. The highest BCUT2D eigenvalue weighted by Crippen LogP contribution is 2.54. The molecule has 270 valence electrons. The Morgan fingerprint density at radius 1 is 0.536 bits per heavy atom. The first-order valence-corrected chi connectivity index (χ1v) is 19.7. The second kappa shape index (κ2) is 12.8. The molecular formula is C52H41N3O. The molecule has 7 aromatic carbocycles. The molecule has 4 atom stereocenters. The van der Waals surface area contributed by atoms with Crippen molar-refractivity contribution in [2.45, 2.75) is 43.6 Å². The molecule has 2 aliphatic carbocycles. The topological polar surface area (TPSA) is 45.6 Å². The number of aliphatic imine (C=N–C) groups is 1. The summed E-state index contributed by atoms with van der Waals surface area (Å²) in [5.74, 6) is 1.93. The molecule has 0 spiro atoms. The van der Waals surface area contributed by atoms with Crippen LogP contribution in [0.15, 0.2) is 181 Å². The van der Waals surface area contributed by atoms with Crippen LogP contribution in [0.25, 0.3) is 39.0 Å². The van der Waals surface area contributed by atoms with Crippen molar-refractivity contribution < 1.29 is 4.74 Å². The van der Waals surface area contributed by atoms with Crippen LogP contribution >= 0.6 is 0 Å². The van der Waals surface area contributed by atoms with Gasteiger partial charge in [-0.15, -0.1) is 0 Å². The predicted molar refractivity (Wildman–Crippen MR) is 228 cm³/mol. The predicted octanol–water partition coefficient (Wildman–Crippen LogP) is 11.3. The van der Waals surface area contributed by atoms with Crippen LogP contribution in [-0.4, -0.2) is 18.1 Å². The quantitative estimate of drug-likeness (QED) is 0.186. The van der Waals surface area contributed by atoms with Crippen molar-refractivity contribution >= 4 is 11.4 Å². The Hall–Kier alpha value is -6.49. The Balaban J connectivity index is 0.985. The SMILES string of the molecule is CC1(C)c2ccccc2-c2ccc(-c3cccc4c3OC3C=C(C5N=C(c6ccc(-c7ccccc7)cc6)NC(c6ccccc6)N5)c5ccccc5C43)cc21. The minimum Gasteiger partial charge on any atom is -0.484 e. The monoisotopic (exact) mass is 723 g/mol. The van der Waals surface area contributed by atoms with Crippen LogP contribution in [0.5, 0.6) is 5.75 Å². The van der Waals surface area contributed by atoms with Gasteiger partial charge in [0.15, 0.2) is 0 Å². The molecule has 7 aromatic rings. The highest BCUT2D eigenvalue weighted by Gasteiger charge is 2.43. The molecule has 0 amide bonds. The van der Waals surface area contributed by atoms with Gasteiger partial charge in [0.2, 0.25) is 0 Å². The van der Waals surface area contributed by atoms with Crippen molar-refractivity contribution in [3.05, 3.63) is 215 Å². The molecule has 4 heteroatoms. The number of ether oxygens (including phenoxy) is 1. The number of hydrogen-bond donors (Lipinski definition) is 2. The van der Waals surface area contributed by atoms with Gasteiger partial charge in [-0.25, -0.2) is 4.99 Å². The van der Waals surface area contributed by atoms with E-state index in [1.54, 1.807) is 0 Å². The van der Waals surface area contributed by atoms with Gasteiger partial charge in [-0.1, -0.05) is 178 Å². The zero-order valence-electron chi connectivity index (χ0n) is 31.4. The molecular weight excluding hydrogens is 683 g/mol. The third kappa shape index (κ3) is 5.21. The Morgan fingerprint density at radius 3 is 1.98 bits per heavy atom. The van der Waals surface area contributed by atoms with Gasteiger partial charge in [-0.2, -0.15) is 0 Å². The summed E-state index contributed by atoms with van der Waals surface area (Å²) in [5, 5.41) is 7.61. The first-order valence-electron chi connectivity index (χ1n) is 19.7. The highest BCUT2D eigenvalue weighted by molar-refractivity contribution is 6.01. The van der Waals surface area contributed by atoms with E-state index in [2.05, 4.69) is 200 Å². The van der Waals surface area contributed by atoms with Crippen LogP contribution in [-0.2, 0) is 5.41 Å². The van der Waals surface area contributed by atoms with E-state index in [1.165, 1.54) is 55.6 Å². The third-order valence-corrected chi connectivity index (χ3v) is 12.4. The molecule has 4 nitrogen and oxygen atoms in total. The second-order valence-electron chi connectivity index (χ2n) is 15.9. The van der Waals surface area contributed by atoms with E-state index in [1.807, 2.05) is 0 Å². The van der Waals surface area contributed by atoms with Gasteiger partial charge in [0, 0.05) is 22.1 Å². The summed E-state index contributed by atoms with van der Waals surface area (Å²) in [6.07, 6.45) is 1.72. The summed E-state index contributed by atoms with van der Waals surface area (Å²) in [5.41, 5.74) is 17.1. The van der Waals surface area contributed by atoms with Crippen molar-refractivity contribution in [2.75, 3.05) is 0 Å². The lowest BCUT2D eigenvalue weighted by atomic mass is 9.77. The van der Waals surface area contributed by atoms with E-state index >= 15 is 0 Å². The summed E-state index contributed by atoms with van der Waals surface area (Å²) in [4.78, 5) is 5.42. The maximum absolute atomic E-state index is 7.12. The van der Waals surface area contributed by atoms with Gasteiger partial charge >= 0.3 is 0 Å². The summed E-state index contributed by atoms with van der Waals surface area (Å²) in [7, 11) is 0. The van der Waals surface area contributed by atoms with Gasteiger partial charge in [0.25, 0.3) is 0 Å². The molecule has 2 aliphatic heterocycles. The number of benzene rings is 7. The number of fused-ring (bicyclic) bond motifs is 8. The second-order valence-corrected chi connectivity index (χ2v) is 15.9. The van der Waals surface area contributed by atoms with Gasteiger partial charge < -0.3 is 10.1 Å². The first-order chi connectivity index (χ1) is 27.5. The fourth-order valence-electron chi connectivity index (χ4n) is 9.56. The van der Waals surface area contributed by atoms with Crippen molar-refractivity contribution in [1.82, 2.24) is 10.6 Å². The number of amidine groups is 1. The minimum absolute atomic E-state index is 0.0753. The molecule has 11 rings (SSSR count). The van der Waals surface area contributed by atoms with E-state index in [0.717, 1.165) is 33.8 Å². The van der Waals surface area contributed by atoms with Crippen LogP contribution < -0.4 is 15.4 Å². The van der Waals surface area contributed by atoms with E-state index in [9.17, 15) is 0 Å². The van der Waals surface area contributed by atoms with Gasteiger partial charge in [0.1, 0.15) is 30.0 Å². The molecule has 2 heterocycles. The fourth-order valence-corrected chi connectivity index (χ4v) is 9.56. The van der Waals surface area contributed by atoms with Crippen LogP contribution in [0.3, 0.4) is 0 Å². The molecule has 0 fully saturated rings. The molecule has 2 N–H and O–H groups in total. The lowest BCUT2D eigenvalue weighted by Crippen LogP contribution is -2.49. The van der Waals surface area contributed by atoms with Crippen molar-refractivity contribution in [3.8, 4) is 39.1 Å². The normalized spacial score (nSPS) is 20.9. The molecule has 0 aromatic heterocycles. The molecule has 4 aliphatic rings. The van der Waals surface area contributed by atoms with E-state index < -0.39 is 0 Å². The minimum atomic E-state index is -0.306. The summed E-state index contributed by atoms with van der Waals surface area (Å²) in [6.45, 7) is 4.69. The van der Waals surface area contributed by atoms with Crippen LogP contribution in [0.2, 0.25) is 0 Å². The largest absolute Gasteiger partial charge is 0.484 e. The third-order valence-electron chi connectivity index (χ3n) is 12.4. The van der Waals surface area contributed by atoms with Gasteiger partial charge in [-0.05, 0) is 73.4 Å². The maximum atomic E-state index is 7.12. The van der Waals surface area contributed by atoms with Crippen LogP contribution in [0.1, 0.15) is 64.9 Å². The molecule has 56 heavy (non-hydrogen) atoms. The van der Waals surface area contributed by atoms with Gasteiger partial charge in [0.05, 0.1) is 5.92 Å². The molecule has 0 radical (unpaired) electrons. The fraction of sp³-hybridized carbons (Fsp3) is 0.135. The molecule has 0 saturated carbocycles. The summed E-state index contributed by atoms with van der Waals surface area (Å²) >= 11 is 0. The summed E-state index contributed by atoms with van der Waals surface area (Å²) < 4.78 is 7.12. The maximum Gasteiger partial charge on any atom is 0.132 e. The number of para-hydroxylation sites is 1. The average Bonchev–Trinajstić information content (AvgIpc) is 3.76.